The molecule has 1 aliphatic rings. The number of nitrogens with one attached hydrogen (secondary N) is 1. The van der Waals surface area contributed by atoms with E-state index in [0.717, 1.165) is 13.1 Å². The molecule has 2 rings (SSSR count). The number of hydrogen-bond donors (Lipinski definition) is 2. The maximum atomic E-state index is 12.1. The molecule has 0 aromatic carbocycles. The molecule has 2 heterocycles. The van der Waals surface area contributed by atoms with Gasteiger partial charge in [-0.3, -0.25) is 14.7 Å². The van der Waals surface area contributed by atoms with E-state index in [1.807, 2.05) is 0 Å². The van der Waals surface area contributed by atoms with Gasteiger partial charge in [-0.05, 0) is 45.0 Å². The first-order valence-corrected chi connectivity index (χ1v) is 7.30. The average molecular weight is 291 g/mol. The Hall–Kier alpha value is -1.95. The minimum absolute atomic E-state index is 0.0316. The van der Waals surface area contributed by atoms with Gasteiger partial charge in [0.25, 0.3) is 5.91 Å². The van der Waals surface area contributed by atoms with E-state index in [2.05, 4.69) is 22.1 Å². The van der Waals surface area contributed by atoms with Gasteiger partial charge in [-0.15, -0.1) is 0 Å². The highest BCUT2D eigenvalue weighted by atomic mass is 16.4. The Labute approximate surface area is 124 Å². The highest BCUT2D eigenvalue weighted by Gasteiger charge is 2.20. The number of carboxylic acids is 1. The van der Waals surface area contributed by atoms with Crippen molar-refractivity contribution in [2.75, 3.05) is 19.6 Å². The third-order valence-corrected chi connectivity index (χ3v) is 3.83. The molecular weight excluding hydrogens is 270 g/mol. The zero-order valence-electron chi connectivity index (χ0n) is 12.2. The second-order valence-corrected chi connectivity index (χ2v) is 5.36. The lowest BCUT2D eigenvalue weighted by atomic mass is 10.1. The van der Waals surface area contributed by atoms with Gasteiger partial charge in [0.1, 0.15) is 5.69 Å². The molecule has 21 heavy (non-hydrogen) atoms. The molecule has 0 aliphatic carbocycles. The van der Waals surface area contributed by atoms with Crippen molar-refractivity contribution in [3.05, 3.63) is 29.6 Å². The zero-order chi connectivity index (χ0) is 15.2. The van der Waals surface area contributed by atoms with E-state index < -0.39 is 11.9 Å². The maximum Gasteiger partial charge on any atom is 0.338 e. The molecule has 1 aromatic heterocycles. The molecule has 0 saturated carbocycles. The van der Waals surface area contributed by atoms with Crippen LogP contribution in [0.1, 0.15) is 47.0 Å². The Morgan fingerprint density at radius 2 is 2.10 bits per heavy atom. The van der Waals surface area contributed by atoms with Crippen molar-refractivity contribution in [3.63, 3.8) is 0 Å². The second kappa shape index (κ2) is 7.17. The Kier molecular flexibility index (Phi) is 5.27. The number of piperidine rings is 1. The van der Waals surface area contributed by atoms with Crippen LogP contribution in [-0.4, -0.2) is 52.5 Å². The van der Waals surface area contributed by atoms with Gasteiger partial charge in [0.05, 0.1) is 5.56 Å². The van der Waals surface area contributed by atoms with Crippen LogP contribution in [0.15, 0.2) is 18.3 Å². The fourth-order valence-corrected chi connectivity index (χ4v) is 2.57. The van der Waals surface area contributed by atoms with Gasteiger partial charge in [-0.1, -0.05) is 6.42 Å². The summed E-state index contributed by atoms with van der Waals surface area (Å²) in [4.78, 5) is 29.4. The Balaban J connectivity index is 1.94. The summed E-state index contributed by atoms with van der Waals surface area (Å²) < 4.78 is 0. The van der Waals surface area contributed by atoms with Crippen molar-refractivity contribution in [1.82, 2.24) is 15.2 Å². The SMILES string of the molecule is CC(CNC(=O)c1ncccc1C(=O)O)N1CCCCC1. The lowest BCUT2D eigenvalue weighted by Gasteiger charge is -2.32. The van der Waals surface area contributed by atoms with Crippen molar-refractivity contribution in [3.8, 4) is 0 Å². The molecule has 1 aliphatic heterocycles. The van der Waals surface area contributed by atoms with Crippen LogP contribution in [0.3, 0.4) is 0 Å². The highest BCUT2D eigenvalue weighted by molar-refractivity contribution is 6.03. The largest absolute Gasteiger partial charge is 0.478 e. The first-order valence-electron chi connectivity index (χ1n) is 7.30. The number of amides is 1. The Morgan fingerprint density at radius 1 is 1.38 bits per heavy atom. The van der Waals surface area contributed by atoms with Crippen LogP contribution in [0.4, 0.5) is 0 Å². The summed E-state index contributed by atoms with van der Waals surface area (Å²) in [6.45, 7) is 4.68. The van der Waals surface area contributed by atoms with Gasteiger partial charge < -0.3 is 10.4 Å². The molecule has 0 bridgehead atoms. The summed E-state index contributed by atoms with van der Waals surface area (Å²) in [6, 6.07) is 3.14. The minimum atomic E-state index is -1.14. The molecule has 2 N–H and O–H groups in total. The van der Waals surface area contributed by atoms with Crippen LogP contribution < -0.4 is 5.32 Å². The van der Waals surface area contributed by atoms with Crippen molar-refractivity contribution in [2.45, 2.75) is 32.2 Å². The van der Waals surface area contributed by atoms with Gasteiger partial charge >= 0.3 is 5.97 Å². The molecule has 1 saturated heterocycles. The fourth-order valence-electron chi connectivity index (χ4n) is 2.57. The number of rotatable bonds is 5. The van der Waals surface area contributed by atoms with E-state index in [4.69, 9.17) is 5.11 Å². The molecule has 1 fully saturated rings. The molecular formula is C15H21N3O3. The second-order valence-electron chi connectivity index (χ2n) is 5.36. The third-order valence-electron chi connectivity index (χ3n) is 3.83. The van der Waals surface area contributed by atoms with E-state index >= 15 is 0 Å². The third kappa shape index (κ3) is 4.01. The smallest absolute Gasteiger partial charge is 0.338 e. The first kappa shape index (κ1) is 15.4. The van der Waals surface area contributed by atoms with Crippen molar-refractivity contribution in [1.29, 1.82) is 0 Å². The Bertz CT molecular complexity index is 513. The van der Waals surface area contributed by atoms with E-state index in [1.165, 1.54) is 37.6 Å². The van der Waals surface area contributed by atoms with E-state index in [1.54, 1.807) is 0 Å². The number of carbonyl (C=O) groups is 2. The molecule has 1 atom stereocenters. The van der Waals surface area contributed by atoms with Gasteiger partial charge in [0.2, 0.25) is 0 Å². The first-order chi connectivity index (χ1) is 10.1. The van der Waals surface area contributed by atoms with Crippen molar-refractivity contribution < 1.29 is 14.7 Å². The normalized spacial score (nSPS) is 17.2. The summed E-state index contributed by atoms with van der Waals surface area (Å²) in [5, 5.41) is 11.9. The molecule has 6 heteroatoms. The van der Waals surface area contributed by atoms with Crippen LogP contribution in [0.25, 0.3) is 0 Å². The molecule has 1 unspecified atom stereocenters. The molecule has 0 radical (unpaired) electrons. The number of hydrogen-bond acceptors (Lipinski definition) is 4. The van der Waals surface area contributed by atoms with Gasteiger partial charge in [0.15, 0.2) is 0 Å². The summed E-state index contributed by atoms with van der Waals surface area (Å²) in [6.07, 6.45) is 5.09. The summed E-state index contributed by atoms with van der Waals surface area (Å²) >= 11 is 0. The van der Waals surface area contributed by atoms with Gasteiger partial charge in [0, 0.05) is 18.8 Å². The monoisotopic (exact) mass is 291 g/mol. The van der Waals surface area contributed by atoms with Crippen molar-refractivity contribution in [2.24, 2.45) is 0 Å². The quantitative estimate of drug-likeness (QED) is 0.856. The van der Waals surface area contributed by atoms with E-state index in [0.29, 0.717) is 6.54 Å². The predicted octanol–water partition coefficient (Wildman–Crippen LogP) is 1.38. The van der Waals surface area contributed by atoms with Crippen molar-refractivity contribution >= 4 is 11.9 Å². The van der Waals surface area contributed by atoms with Crippen LogP contribution in [0, 0.1) is 0 Å². The summed E-state index contributed by atoms with van der Waals surface area (Å²) in [7, 11) is 0. The predicted molar refractivity (Wildman–Crippen MR) is 78.4 cm³/mol. The van der Waals surface area contributed by atoms with Gasteiger partial charge in [-0.2, -0.15) is 0 Å². The number of pyridine rings is 1. The molecule has 114 valence electrons. The maximum absolute atomic E-state index is 12.1. The lowest BCUT2D eigenvalue weighted by molar-refractivity contribution is 0.0689. The van der Waals surface area contributed by atoms with Crippen LogP contribution in [0.2, 0.25) is 0 Å². The van der Waals surface area contributed by atoms with Gasteiger partial charge in [-0.25, -0.2) is 4.79 Å². The van der Waals surface area contributed by atoms with E-state index in [-0.39, 0.29) is 17.3 Å². The number of aromatic nitrogens is 1. The van der Waals surface area contributed by atoms with E-state index in [9.17, 15) is 9.59 Å². The number of carbonyl (C=O) groups excluding carboxylic acids is 1. The zero-order valence-corrected chi connectivity index (χ0v) is 12.2. The van der Waals surface area contributed by atoms with Crippen LogP contribution in [-0.2, 0) is 0 Å². The summed E-state index contributed by atoms with van der Waals surface area (Å²) in [5.41, 5.74) is -0.100. The minimum Gasteiger partial charge on any atom is -0.478 e. The Morgan fingerprint density at radius 3 is 2.76 bits per heavy atom. The summed E-state index contributed by atoms with van der Waals surface area (Å²) in [5.74, 6) is -1.57. The van der Waals surface area contributed by atoms with Crippen LogP contribution in [0.5, 0.6) is 0 Å². The molecule has 0 spiro atoms. The highest BCUT2D eigenvalue weighted by Crippen LogP contribution is 2.12. The number of likely N-dealkylation sites (tertiary alicyclic amines) is 1. The number of carboxylic acid groups (broad SMARTS) is 1. The topological polar surface area (TPSA) is 82.5 Å². The fraction of sp³-hybridized carbons (Fsp3) is 0.533. The standard InChI is InChI=1S/C15H21N3O3/c1-11(18-8-3-2-4-9-18)10-17-14(19)13-12(15(20)21)6-5-7-16-13/h5-7,11H,2-4,8-10H2,1H3,(H,17,19)(H,20,21). The lowest BCUT2D eigenvalue weighted by Crippen LogP contribution is -2.44. The number of aromatic carboxylic acids is 1. The molecule has 1 aromatic rings. The number of nitrogens with zero attached hydrogens (tertiary/aromatic N) is 2. The molecule has 6 nitrogen and oxygen atoms in total. The average Bonchev–Trinajstić information content (AvgIpc) is 2.53. The molecule has 1 amide bonds. The van der Waals surface area contributed by atoms with Crippen LogP contribution >= 0.6 is 0 Å².